The van der Waals surface area contributed by atoms with Gasteiger partial charge in [0, 0.05) is 6.54 Å². The minimum Gasteiger partial charge on any atom is -0.468 e. The van der Waals surface area contributed by atoms with Gasteiger partial charge in [-0.25, -0.2) is 14.4 Å². The number of benzene rings is 1. The summed E-state index contributed by atoms with van der Waals surface area (Å²) in [6, 6.07) is 3.57. The van der Waals surface area contributed by atoms with Gasteiger partial charge in [0.2, 0.25) is 0 Å². The molecule has 12 heteroatoms. The molecule has 214 valence electrons. The summed E-state index contributed by atoms with van der Waals surface area (Å²) in [6.07, 6.45) is -4.16. The third-order valence-corrected chi connectivity index (χ3v) is 4.47. The summed E-state index contributed by atoms with van der Waals surface area (Å²) in [5.41, 5.74) is 0.537. The van der Waals surface area contributed by atoms with Gasteiger partial charge in [0.05, 0.1) is 25.9 Å². The van der Waals surface area contributed by atoms with Crippen molar-refractivity contribution in [1.82, 2.24) is 5.32 Å². The fourth-order valence-corrected chi connectivity index (χ4v) is 2.86. The van der Waals surface area contributed by atoms with Crippen LogP contribution < -0.4 is 14.8 Å². The molecule has 1 rings (SSSR count). The summed E-state index contributed by atoms with van der Waals surface area (Å²) in [5, 5.41) is 3.00. The van der Waals surface area contributed by atoms with Crippen molar-refractivity contribution in [2.75, 3.05) is 20.3 Å². The minimum absolute atomic E-state index is 0.0791. The lowest BCUT2D eigenvalue weighted by atomic mass is 10.0. The second-order valence-corrected chi connectivity index (χ2v) is 9.39. The van der Waals surface area contributed by atoms with Crippen molar-refractivity contribution < 1.29 is 52.3 Å². The van der Waals surface area contributed by atoms with E-state index in [9.17, 15) is 19.2 Å². The van der Waals surface area contributed by atoms with Crippen LogP contribution in [0.15, 0.2) is 18.2 Å². The van der Waals surface area contributed by atoms with Crippen LogP contribution in [0.2, 0.25) is 0 Å². The molecule has 0 spiro atoms. The average Bonchev–Trinajstić information content (AvgIpc) is 2.80. The van der Waals surface area contributed by atoms with E-state index in [1.54, 1.807) is 40.7 Å². The van der Waals surface area contributed by atoms with Crippen LogP contribution in [0.3, 0.4) is 0 Å². The van der Waals surface area contributed by atoms with Crippen molar-refractivity contribution in [2.45, 2.75) is 79.2 Å². The van der Waals surface area contributed by atoms with Crippen molar-refractivity contribution in [3.05, 3.63) is 23.8 Å². The van der Waals surface area contributed by atoms with E-state index in [1.165, 1.54) is 19.2 Å². The molecule has 0 fully saturated rings. The zero-order valence-corrected chi connectivity index (χ0v) is 23.2. The molecule has 1 aromatic carbocycles. The molecule has 1 N–H and O–H groups in total. The van der Waals surface area contributed by atoms with E-state index in [4.69, 9.17) is 33.2 Å². The Hall–Kier alpha value is -3.54. The molecule has 1 unspecified atom stereocenters. The molecular weight excluding hydrogens is 502 g/mol. The van der Waals surface area contributed by atoms with Gasteiger partial charge in [0.1, 0.15) is 12.1 Å². The molecule has 0 amide bonds. The van der Waals surface area contributed by atoms with Crippen LogP contribution in [0.4, 0.5) is 14.4 Å². The molecular formula is C26H39NO11. The molecule has 2 atom stereocenters. The van der Waals surface area contributed by atoms with E-state index in [1.807, 2.05) is 13.8 Å². The van der Waals surface area contributed by atoms with Gasteiger partial charge >= 0.3 is 24.4 Å². The number of ether oxygens (including phenoxy) is 7. The maximum absolute atomic E-state index is 12.4. The van der Waals surface area contributed by atoms with E-state index in [0.29, 0.717) is 5.56 Å². The second-order valence-electron chi connectivity index (χ2n) is 9.39. The summed E-state index contributed by atoms with van der Waals surface area (Å²) in [4.78, 5) is 48.3. The number of esters is 1. The Morgan fingerprint density at radius 2 is 1.37 bits per heavy atom. The third kappa shape index (κ3) is 13.1. The van der Waals surface area contributed by atoms with Crippen molar-refractivity contribution >= 4 is 24.4 Å². The predicted molar refractivity (Wildman–Crippen MR) is 135 cm³/mol. The summed E-state index contributed by atoms with van der Waals surface area (Å²) < 4.78 is 35.5. The van der Waals surface area contributed by atoms with Crippen LogP contribution in [-0.4, -0.2) is 69.1 Å². The Kier molecular flexibility index (Phi) is 14.0. The molecule has 0 saturated carbocycles. The van der Waals surface area contributed by atoms with Gasteiger partial charge in [-0.15, -0.1) is 0 Å². The lowest BCUT2D eigenvalue weighted by molar-refractivity contribution is -0.143. The Morgan fingerprint density at radius 1 is 0.789 bits per heavy atom. The van der Waals surface area contributed by atoms with Crippen LogP contribution in [0.1, 0.15) is 54.0 Å². The lowest BCUT2D eigenvalue weighted by Crippen LogP contribution is -2.43. The molecule has 0 radical (unpaired) electrons. The first kappa shape index (κ1) is 32.5. The smallest absolute Gasteiger partial charge is 0.468 e. The third-order valence-electron chi connectivity index (χ3n) is 4.47. The molecule has 38 heavy (non-hydrogen) atoms. The molecule has 0 aliphatic heterocycles. The molecule has 1 aromatic rings. The number of hydrogen-bond donors (Lipinski definition) is 1. The SMILES string of the molecule is COC(=O)[C@H](Cc1ccc(OC(=O)OC(C)C)c(OC(=O)OC(C)C)c1)NCC(C)OC(=O)OCC(C)C. The number of nitrogens with one attached hydrogen (secondary N) is 1. The lowest BCUT2D eigenvalue weighted by Gasteiger charge is -2.20. The van der Waals surface area contributed by atoms with Crippen LogP contribution >= 0.6 is 0 Å². The van der Waals surface area contributed by atoms with Crippen LogP contribution in [0, 0.1) is 5.92 Å². The summed E-state index contributed by atoms with van der Waals surface area (Å²) in [5.74, 6) is -0.591. The zero-order chi connectivity index (χ0) is 28.8. The highest BCUT2D eigenvalue weighted by Gasteiger charge is 2.24. The maximum Gasteiger partial charge on any atom is 0.514 e. The van der Waals surface area contributed by atoms with Gasteiger partial charge in [-0.3, -0.25) is 4.79 Å². The predicted octanol–water partition coefficient (Wildman–Crippen LogP) is 4.41. The molecule has 0 heterocycles. The highest BCUT2D eigenvalue weighted by atomic mass is 16.8. The summed E-state index contributed by atoms with van der Waals surface area (Å²) in [6.45, 7) is 12.4. The number of hydrogen-bond acceptors (Lipinski definition) is 12. The van der Waals surface area contributed by atoms with Crippen LogP contribution in [0.25, 0.3) is 0 Å². The fraction of sp³-hybridized carbons (Fsp3) is 0.615. The highest BCUT2D eigenvalue weighted by molar-refractivity contribution is 5.76. The van der Waals surface area contributed by atoms with Gasteiger partial charge in [-0.2, -0.15) is 0 Å². The first-order chi connectivity index (χ1) is 17.8. The fourth-order valence-electron chi connectivity index (χ4n) is 2.86. The Morgan fingerprint density at radius 3 is 1.89 bits per heavy atom. The van der Waals surface area contributed by atoms with E-state index in [-0.39, 0.29) is 37.0 Å². The normalized spacial score (nSPS) is 12.5. The maximum atomic E-state index is 12.4. The first-order valence-electron chi connectivity index (χ1n) is 12.3. The standard InChI is InChI=1S/C26H39NO11/c1-15(2)14-33-24(29)36-18(7)13-27-20(23(28)32-8)11-19-9-10-21(37-25(30)34-16(3)4)22(12-19)38-26(31)35-17(5)6/h9-10,12,15-18,20,27H,11,13-14H2,1-8H3/t18?,20-/m0/s1. The molecule has 0 bridgehead atoms. The van der Waals surface area contributed by atoms with E-state index in [2.05, 4.69) is 5.32 Å². The zero-order valence-electron chi connectivity index (χ0n) is 23.2. The Balaban J connectivity index is 3.00. The Bertz CT molecular complexity index is 930. The van der Waals surface area contributed by atoms with Crippen LogP contribution in [0.5, 0.6) is 11.5 Å². The van der Waals surface area contributed by atoms with Crippen molar-refractivity contribution in [3.63, 3.8) is 0 Å². The molecule has 0 aliphatic rings. The number of carbonyl (C=O) groups is 4. The van der Waals surface area contributed by atoms with Gasteiger partial charge in [0.15, 0.2) is 11.5 Å². The van der Waals surface area contributed by atoms with Crippen LogP contribution in [-0.2, 0) is 34.9 Å². The van der Waals surface area contributed by atoms with Crippen molar-refractivity contribution in [1.29, 1.82) is 0 Å². The topological polar surface area (TPSA) is 145 Å². The average molecular weight is 542 g/mol. The summed E-state index contributed by atoms with van der Waals surface area (Å²) in [7, 11) is 1.24. The molecule has 0 aliphatic carbocycles. The number of carbonyl (C=O) groups excluding carboxylic acids is 4. The molecule has 0 aromatic heterocycles. The minimum atomic E-state index is -1.00. The van der Waals surface area contributed by atoms with E-state index < -0.39 is 48.8 Å². The molecule has 0 saturated heterocycles. The number of methoxy groups -OCH3 is 1. The van der Waals surface area contributed by atoms with E-state index in [0.717, 1.165) is 0 Å². The van der Waals surface area contributed by atoms with E-state index >= 15 is 0 Å². The van der Waals surface area contributed by atoms with Crippen molar-refractivity contribution in [3.8, 4) is 11.5 Å². The van der Waals surface area contributed by atoms with Gasteiger partial charge in [-0.05, 0) is 64.7 Å². The summed E-state index contributed by atoms with van der Waals surface area (Å²) >= 11 is 0. The van der Waals surface area contributed by atoms with Gasteiger partial charge < -0.3 is 38.5 Å². The first-order valence-corrected chi connectivity index (χ1v) is 12.3. The largest absolute Gasteiger partial charge is 0.514 e. The quantitative estimate of drug-likeness (QED) is 0.214. The Labute approximate surface area is 223 Å². The second kappa shape index (κ2) is 16.3. The van der Waals surface area contributed by atoms with Gasteiger partial charge in [-0.1, -0.05) is 19.9 Å². The number of rotatable bonds is 13. The van der Waals surface area contributed by atoms with Crippen molar-refractivity contribution in [2.24, 2.45) is 5.92 Å². The van der Waals surface area contributed by atoms with Gasteiger partial charge in [0.25, 0.3) is 0 Å². The monoisotopic (exact) mass is 541 g/mol. The highest BCUT2D eigenvalue weighted by Crippen LogP contribution is 2.30. The molecule has 12 nitrogen and oxygen atoms in total.